The third-order valence-electron chi connectivity index (χ3n) is 3.56. The van der Waals surface area contributed by atoms with Crippen LogP contribution < -0.4 is 0 Å². The predicted octanol–water partition coefficient (Wildman–Crippen LogP) is 1.27. The molecular weight excluding hydrogens is 232 g/mol. The number of piperazine rings is 1. The van der Waals surface area contributed by atoms with Gasteiger partial charge in [-0.3, -0.25) is 4.90 Å². The summed E-state index contributed by atoms with van der Waals surface area (Å²) >= 11 is 0. The van der Waals surface area contributed by atoms with Crippen molar-refractivity contribution in [3.8, 4) is 0 Å². The Hall–Kier alpha value is -1.10. The molecule has 5 nitrogen and oxygen atoms in total. The van der Waals surface area contributed by atoms with Gasteiger partial charge in [-0.25, -0.2) is 4.79 Å². The van der Waals surface area contributed by atoms with E-state index in [-0.39, 0.29) is 12.1 Å². The number of nitrogens with zero attached hydrogens (tertiary/aromatic N) is 2. The summed E-state index contributed by atoms with van der Waals surface area (Å²) in [4.78, 5) is 26.9. The lowest BCUT2D eigenvalue weighted by Crippen LogP contribution is -2.55. The molecule has 2 rings (SSSR count). The minimum atomic E-state index is -0.449. The van der Waals surface area contributed by atoms with Gasteiger partial charge in [0.15, 0.2) is 0 Å². The molecule has 1 amide bonds. The van der Waals surface area contributed by atoms with Gasteiger partial charge in [-0.2, -0.15) is 0 Å². The fourth-order valence-electron chi connectivity index (χ4n) is 2.73. The molecule has 0 saturated carbocycles. The minimum Gasteiger partial charge on any atom is -0.444 e. The van der Waals surface area contributed by atoms with E-state index in [0.29, 0.717) is 19.1 Å². The zero-order valence-electron chi connectivity index (χ0n) is 11.4. The van der Waals surface area contributed by atoms with Crippen molar-refractivity contribution in [2.24, 2.45) is 0 Å². The molecule has 18 heavy (non-hydrogen) atoms. The molecule has 2 aliphatic rings. The Labute approximate surface area is 108 Å². The molecule has 0 aromatic heterocycles. The Balaban J connectivity index is 1.92. The standard InChI is InChI=1S/C13H22N2O3/c1-13(2,3)18-12(17)14-6-7-15-10(8-14)4-5-11(15)9-16/h9-11H,4-8H2,1-3H3/t10-,11+/m0/s1. The van der Waals surface area contributed by atoms with Gasteiger partial charge in [0.25, 0.3) is 0 Å². The summed E-state index contributed by atoms with van der Waals surface area (Å²) in [5.74, 6) is 0. The second kappa shape index (κ2) is 4.88. The molecule has 0 radical (unpaired) electrons. The Morgan fingerprint density at radius 3 is 2.61 bits per heavy atom. The number of aldehydes is 1. The first-order valence-corrected chi connectivity index (χ1v) is 6.59. The molecule has 102 valence electrons. The number of carbonyl (C=O) groups excluding carboxylic acids is 2. The normalized spacial score (nSPS) is 28.9. The van der Waals surface area contributed by atoms with Crippen LogP contribution in [-0.2, 0) is 9.53 Å². The summed E-state index contributed by atoms with van der Waals surface area (Å²) in [6.07, 6.45) is 2.69. The van der Waals surface area contributed by atoms with Gasteiger partial charge in [0.1, 0.15) is 11.9 Å². The van der Waals surface area contributed by atoms with Gasteiger partial charge in [0.2, 0.25) is 0 Å². The Kier molecular flexibility index (Phi) is 3.61. The summed E-state index contributed by atoms with van der Waals surface area (Å²) in [5, 5.41) is 0. The summed E-state index contributed by atoms with van der Waals surface area (Å²) in [6.45, 7) is 7.72. The average Bonchev–Trinajstić information content (AvgIpc) is 2.68. The smallest absolute Gasteiger partial charge is 0.410 e. The molecule has 2 aliphatic heterocycles. The molecular formula is C13H22N2O3. The Morgan fingerprint density at radius 2 is 2.00 bits per heavy atom. The van der Waals surface area contributed by atoms with Gasteiger partial charge in [-0.15, -0.1) is 0 Å². The van der Waals surface area contributed by atoms with Crippen molar-refractivity contribution in [1.82, 2.24) is 9.80 Å². The second-order valence-corrected chi connectivity index (χ2v) is 6.10. The van der Waals surface area contributed by atoms with Gasteiger partial charge < -0.3 is 14.4 Å². The lowest BCUT2D eigenvalue weighted by molar-refractivity contribution is -0.112. The van der Waals surface area contributed by atoms with E-state index in [0.717, 1.165) is 25.7 Å². The van der Waals surface area contributed by atoms with E-state index in [1.54, 1.807) is 4.90 Å². The molecule has 2 atom stereocenters. The molecule has 2 heterocycles. The number of amides is 1. The van der Waals surface area contributed by atoms with Gasteiger partial charge in [0, 0.05) is 25.7 Å². The molecule has 0 N–H and O–H groups in total. The highest BCUT2D eigenvalue weighted by atomic mass is 16.6. The van der Waals surface area contributed by atoms with Crippen LogP contribution in [0.15, 0.2) is 0 Å². The number of rotatable bonds is 1. The predicted molar refractivity (Wildman–Crippen MR) is 67.4 cm³/mol. The van der Waals surface area contributed by atoms with E-state index in [1.165, 1.54) is 0 Å². The third-order valence-corrected chi connectivity index (χ3v) is 3.56. The summed E-state index contributed by atoms with van der Waals surface area (Å²) in [7, 11) is 0. The van der Waals surface area contributed by atoms with Crippen LogP contribution in [0.2, 0.25) is 0 Å². The van der Waals surface area contributed by atoms with Gasteiger partial charge in [-0.1, -0.05) is 0 Å². The van der Waals surface area contributed by atoms with Gasteiger partial charge in [-0.05, 0) is 33.6 Å². The van der Waals surface area contributed by atoms with Crippen molar-refractivity contribution < 1.29 is 14.3 Å². The fraction of sp³-hybridized carbons (Fsp3) is 0.846. The van der Waals surface area contributed by atoms with Crippen LogP contribution in [0.25, 0.3) is 0 Å². The number of carbonyl (C=O) groups is 2. The molecule has 0 bridgehead atoms. The quantitative estimate of drug-likeness (QED) is 0.661. The van der Waals surface area contributed by atoms with Crippen molar-refractivity contribution in [3.05, 3.63) is 0 Å². The van der Waals surface area contributed by atoms with Crippen LogP contribution in [0, 0.1) is 0 Å². The maximum atomic E-state index is 12.0. The number of ether oxygens (including phenoxy) is 1. The van der Waals surface area contributed by atoms with Gasteiger partial charge in [0.05, 0.1) is 6.04 Å². The highest BCUT2D eigenvalue weighted by molar-refractivity contribution is 5.68. The largest absolute Gasteiger partial charge is 0.444 e. The maximum Gasteiger partial charge on any atom is 0.410 e. The van der Waals surface area contributed by atoms with Crippen LogP contribution in [0.5, 0.6) is 0 Å². The fourth-order valence-corrected chi connectivity index (χ4v) is 2.73. The maximum absolute atomic E-state index is 12.0. The molecule has 0 aliphatic carbocycles. The minimum absolute atomic E-state index is 0.0517. The van der Waals surface area contributed by atoms with E-state index in [2.05, 4.69) is 4.90 Å². The van der Waals surface area contributed by atoms with Crippen molar-refractivity contribution in [3.63, 3.8) is 0 Å². The highest BCUT2D eigenvalue weighted by Crippen LogP contribution is 2.27. The lowest BCUT2D eigenvalue weighted by atomic mass is 10.1. The first-order valence-electron chi connectivity index (χ1n) is 6.59. The van der Waals surface area contributed by atoms with Gasteiger partial charge >= 0.3 is 6.09 Å². The van der Waals surface area contributed by atoms with Crippen LogP contribution in [-0.4, -0.2) is 59.5 Å². The highest BCUT2D eigenvalue weighted by Gasteiger charge is 2.39. The molecule has 0 aromatic rings. The number of hydrogen-bond donors (Lipinski definition) is 0. The zero-order valence-corrected chi connectivity index (χ0v) is 11.4. The molecule has 0 spiro atoms. The van der Waals surface area contributed by atoms with E-state index in [4.69, 9.17) is 4.74 Å². The van der Waals surface area contributed by atoms with E-state index in [1.807, 2.05) is 20.8 Å². The SMILES string of the molecule is CC(C)(C)OC(=O)N1CCN2[C@@H](CC[C@@H]2C=O)C1. The lowest BCUT2D eigenvalue weighted by Gasteiger charge is -2.39. The average molecular weight is 254 g/mol. The molecule has 0 aromatic carbocycles. The molecule has 5 heteroatoms. The van der Waals surface area contributed by atoms with Crippen molar-refractivity contribution in [2.75, 3.05) is 19.6 Å². The first-order chi connectivity index (χ1) is 8.40. The number of hydrogen-bond acceptors (Lipinski definition) is 4. The third kappa shape index (κ3) is 2.83. The number of fused-ring (bicyclic) bond motifs is 1. The zero-order chi connectivity index (χ0) is 13.3. The van der Waals surface area contributed by atoms with Crippen molar-refractivity contribution >= 4 is 12.4 Å². The Morgan fingerprint density at radius 1 is 1.28 bits per heavy atom. The summed E-state index contributed by atoms with van der Waals surface area (Å²) in [6, 6.07) is 0.372. The van der Waals surface area contributed by atoms with Crippen LogP contribution in [0.3, 0.4) is 0 Å². The monoisotopic (exact) mass is 254 g/mol. The molecule has 0 unspecified atom stereocenters. The topological polar surface area (TPSA) is 49.9 Å². The molecule has 2 saturated heterocycles. The Bertz CT molecular complexity index is 338. The molecule has 2 fully saturated rings. The van der Waals surface area contributed by atoms with Crippen LogP contribution >= 0.6 is 0 Å². The van der Waals surface area contributed by atoms with E-state index < -0.39 is 5.60 Å². The van der Waals surface area contributed by atoms with E-state index in [9.17, 15) is 9.59 Å². The van der Waals surface area contributed by atoms with Crippen molar-refractivity contribution in [2.45, 2.75) is 51.3 Å². The van der Waals surface area contributed by atoms with E-state index >= 15 is 0 Å². The van der Waals surface area contributed by atoms with Crippen LogP contribution in [0.4, 0.5) is 4.79 Å². The first kappa shape index (κ1) is 13.3. The summed E-state index contributed by atoms with van der Waals surface area (Å²) < 4.78 is 5.38. The summed E-state index contributed by atoms with van der Waals surface area (Å²) in [5.41, 5.74) is -0.449. The van der Waals surface area contributed by atoms with Crippen molar-refractivity contribution in [1.29, 1.82) is 0 Å². The van der Waals surface area contributed by atoms with Crippen LogP contribution in [0.1, 0.15) is 33.6 Å². The second-order valence-electron chi connectivity index (χ2n) is 6.10.